The van der Waals surface area contributed by atoms with Gasteiger partial charge in [0.05, 0.1) is 22.4 Å². The predicted molar refractivity (Wildman–Crippen MR) is 104 cm³/mol. The molecule has 3 nitrogen and oxygen atoms in total. The molecule has 0 N–H and O–H groups in total. The molecular formula is C21H20N2OS. The summed E-state index contributed by atoms with van der Waals surface area (Å²) < 4.78 is 6.82. The molecule has 0 bridgehead atoms. The van der Waals surface area contributed by atoms with Crippen LogP contribution in [0.25, 0.3) is 21.9 Å². The molecular weight excluding hydrogens is 328 g/mol. The van der Waals surface area contributed by atoms with E-state index in [1.54, 1.807) is 0 Å². The zero-order chi connectivity index (χ0) is 17.6. The normalized spacial score (nSPS) is 11.7. The summed E-state index contributed by atoms with van der Waals surface area (Å²) in [7, 11) is 0. The van der Waals surface area contributed by atoms with E-state index in [1.807, 2.05) is 54.6 Å². The maximum absolute atomic E-state index is 9.51. The lowest BCUT2D eigenvalue weighted by Crippen LogP contribution is -2.01. The minimum absolute atomic E-state index is 0.578. The Hall–Kier alpha value is -2.64. The SMILES string of the molecule is CC(C)CCOc1ccc(C=C(C#N)c2nc3ccccc3s2)cc1. The molecule has 0 fully saturated rings. The molecule has 0 aliphatic heterocycles. The van der Waals surface area contributed by atoms with E-state index in [0.29, 0.717) is 11.5 Å². The molecule has 0 aliphatic rings. The second kappa shape index (κ2) is 7.96. The standard InChI is InChI=1S/C21H20N2OS/c1-15(2)11-12-24-18-9-7-16(8-10-18)13-17(14-22)21-23-19-5-3-4-6-20(19)25-21/h3-10,13,15H,11-12H2,1-2H3. The average Bonchev–Trinajstić information content (AvgIpc) is 3.04. The molecule has 25 heavy (non-hydrogen) atoms. The number of fused-ring (bicyclic) bond motifs is 1. The van der Waals surface area contributed by atoms with Gasteiger partial charge in [0.2, 0.25) is 0 Å². The fraction of sp³-hybridized carbons (Fsp3) is 0.238. The number of allylic oxidation sites excluding steroid dienone is 1. The van der Waals surface area contributed by atoms with Crippen LogP contribution in [0, 0.1) is 17.2 Å². The van der Waals surface area contributed by atoms with Crippen molar-refractivity contribution in [3.8, 4) is 11.8 Å². The van der Waals surface area contributed by atoms with Crippen molar-refractivity contribution in [3.05, 3.63) is 59.1 Å². The Morgan fingerprint density at radius 3 is 2.64 bits per heavy atom. The van der Waals surface area contributed by atoms with E-state index >= 15 is 0 Å². The highest BCUT2D eigenvalue weighted by Crippen LogP contribution is 2.28. The fourth-order valence-electron chi connectivity index (χ4n) is 2.37. The van der Waals surface area contributed by atoms with Gasteiger partial charge >= 0.3 is 0 Å². The number of nitrogens with zero attached hydrogens (tertiary/aromatic N) is 2. The highest BCUT2D eigenvalue weighted by molar-refractivity contribution is 7.19. The molecule has 126 valence electrons. The lowest BCUT2D eigenvalue weighted by atomic mass is 10.1. The molecule has 0 saturated carbocycles. The molecule has 0 saturated heterocycles. The van der Waals surface area contributed by atoms with E-state index in [2.05, 4.69) is 24.9 Å². The second-order valence-corrected chi connectivity index (χ2v) is 7.29. The van der Waals surface area contributed by atoms with Gasteiger partial charge in [0.25, 0.3) is 0 Å². The van der Waals surface area contributed by atoms with Gasteiger partial charge in [0, 0.05) is 0 Å². The molecule has 0 aliphatic carbocycles. The van der Waals surface area contributed by atoms with Crippen molar-refractivity contribution in [2.45, 2.75) is 20.3 Å². The number of ether oxygens (including phenoxy) is 1. The van der Waals surface area contributed by atoms with Crippen molar-refractivity contribution in [1.82, 2.24) is 4.98 Å². The first-order valence-corrected chi connectivity index (χ1v) is 9.18. The van der Waals surface area contributed by atoms with Crippen LogP contribution in [0.15, 0.2) is 48.5 Å². The van der Waals surface area contributed by atoms with E-state index < -0.39 is 0 Å². The quantitative estimate of drug-likeness (QED) is 0.530. The highest BCUT2D eigenvalue weighted by Gasteiger charge is 2.08. The number of aromatic nitrogens is 1. The van der Waals surface area contributed by atoms with Crippen LogP contribution in [-0.4, -0.2) is 11.6 Å². The molecule has 0 amide bonds. The monoisotopic (exact) mass is 348 g/mol. The molecule has 0 radical (unpaired) electrons. The van der Waals surface area contributed by atoms with Crippen LogP contribution in [0.3, 0.4) is 0 Å². The van der Waals surface area contributed by atoms with Crippen molar-refractivity contribution in [2.24, 2.45) is 5.92 Å². The summed E-state index contributed by atoms with van der Waals surface area (Å²) in [6.45, 7) is 5.09. The first-order chi connectivity index (χ1) is 12.2. The average molecular weight is 348 g/mol. The number of rotatable bonds is 6. The Kier molecular flexibility index (Phi) is 5.47. The largest absolute Gasteiger partial charge is 0.494 e. The summed E-state index contributed by atoms with van der Waals surface area (Å²) in [4.78, 5) is 4.56. The third-order valence-corrected chi connectivity index (χ3v) is 4.87. The van der Waals surface area contributed by atoms with E-state index in [1.165, 1.54) is 11.3 Å². The van der Waals surface area contributed by atoms with Gasteiger partial charge in [-0.2, -0.15) is 5.26 Å². The van der Waals surface area contributed by atoms with E-state index in [-0.39, 0.29) is 0 Å². The highest BCUT2D eigenvalue weighted by atomic mass is 32.1. The van der Waals surface area contributed by atoms with Crippen molar-refractivity contribution < 1.29 is 4.74 Å². The molecule has 0 spiro atoms. The topological polar surface area (TPSA) is 45.9 Å². The third kappa shape index (κ3) is 4.46. The molecule has 1 aromatic heterocycles. The molecule has 3 aromatic rings. The van der Waals surface area contributed by atoms with E-state index in [4.69, 9.17) is 4.74 Å². The van der Waals surface area contributed by atoms with Gasteiger partial charge in [-0.3, -0.25) is 0 Å². The maximum atomic E-state index is 9.51. The number of hydrogen-bond acceptors (Lipinski definition) is 4. The zero-order valence-corrected chi connectivity index (χ0v) is 15.2. The second-order valence-electron chi connectivity index (χ2n) is 6.26. The van der Waals surface area contributed by atoms with Crippen LogP contribution >= 0.6 is 11.3 Å². The number of benzene rings is 2. The Morgan fingerprint density at radius 2 is 1.96 bits per heavy atom. The Balaban J connectivity index is 1.77. The van der Waals surface area contributed by atoms with Gasteiger partial charge in [0.15, 0.2) is 0 Å². The lowest BCUT2D eigenvalue weighted by molar-refractivity contribution is 0.289. The molecule has 0 atom stereocenters. The molecule has 4 heteroatoms. The summed E-state index contributed by atoms with van der Waals surface area (Å²) in [6.07, 6.45) is 2.91. The van der Waals surface area contributed by atoms with Crippen molar-refractivity contribution in [2.75, 3.05) is 6.61 Å². The van der Waals surface area contributed by atoms with Gasteiger partial charge in [-0.25, -0.2) is 4.98 Å². The number of para-hydroxylation sites is 1. The first-order valence-electron chi connectivity index (χ1n) is 8.36. The summed E-state index contributed by atoms with van der Waals surface area (Å²) in [5.41, 5.74) is 2.47. The molecule has 0 unspecified atom stereocenters. The first kappa shape index (κ1) is 17.2. The van der Waals surface area contributed by atoms with Crippen LogP contribution in [0.1, 0.15) is 30.8 Å². The molecule has 1 heterocycles. The van der Waals surface area contributed by atoms with Gasteiger partial charge in [-0.05, 0) is 48.2 Å². The predicted octanol–water partition coefficient (Wildman–Crippen LogP) is 5.79. The van der Waals surface area contributed by atoms with Gasteiger partial charge in [0.1, 0.15) is 16.8 Å². The van der Waals surface area contributed by atoms with Crippen LogP contribution in [0.4, 0.5) is 0 Å². The molecule has 3 rings (SSSR count). The van der Waals surface area contributed by atoms with Gasteiger partial charge < -0.3 is 4.74 Å². The Morgan fingerprint density at radius 1 is 1.20 bits per heavy atom. The zero-order valence-electron chi connectivity index (χ0n) is 14.4. The number of thiazole rings is 1. The molecule has 2 aromatic carbocycles. The Bertz CT molecular complexity index is 884. The fourth-order valence-corrected chi connectivity index (χ4v) is 3.30. The van der Waals surface area contributed by atoms with E-state index in [0.717, 1.165) is 39.6 Å². The maximum Gasteiger partial charge on any atom is 0.135 e. The Labute approximate surface area is 152 Å². The summed E-state index contributed by atoms with van der Waals surface area (Å²) in [5, 5.41) is 10.3. The van der Waals surface area contributed by atoms with Crippen molar-refractivity contribution >= 4 is 33.2 Å². The summed E-state index contributed by atoms with van der Waals surface area (Å²) >= 11 is 1.54. The van der Waals surface area contributed by atoms with Crippen LogP contribution in [0.2, 0.25) is 0 Å². The van der Waals surface area contributed by atoms with Gasteiger partial charge in [-0.1, -0.05) is 38.1 Å². The van der Waals surface area contributed by atoms with Crippen LogP contribution in [-0.2, 0) is 0 Å². The lowest BCUT2D eigenvalue weighted by Gasteiger charge is -2.08. The minimum atomic E-state index is 0.578. The van der Waals surface area contributed by atoms with Gasteiger partial charge in [-0.15, -0.1) is 11.3 Å². The minimum Gasteiger partial charge on any atom is -0.494 e. The van der Waals surface area contributed by atoms with Crippen molar-refractivity contribution in [3.63, 3.8) is 0 Å². The number of hydrogen-bond donors (Lipinski definition) is 0. The van der Waals surface area contributed by atoms with Crippen molar-refractivity contribution in [1.29, 1.82) is 5.26 Å². The van der Waals surface area contributed by atoms with E-state index in [9.17, 15) is 5.26 Å². The third-order valence-electron chi connectivity index (χ3n) is 3.80. The van der Waals surface area contributed by atoms with Crippen LogP contribution in [0.5, 0.6) is 5.75 Å². The summed E-state index contributed by atoms with van der Waals surface area (Å²) in [5.74, 6) is 1.49. The van der Waals surface area contributed by atoms with Crippen LogP contribution < -0.4 is 4.74 Å². The number of nitriles is 1. The smallest absolute Gasteiger partial charge is 0.135 e. The summed E-state index contributed by atoms with van der Waals surface area (Å²) in [6, 6.07) is 18.0.